The third kappa shape index (κ3) is 4.15. The molecule has 0 fully saturated rings. The van der Waals surface area contributed by atoms with E-state index in [0.29, 0.717) is 64.2 Å². The van der Waals surface area contributed by atoms with Gasteiger partial charge in [0.05, 0.1) is 12.7 Å². The zero-order valence-electron chi connectivity index (χ0n) is 22.0. The second-order valence-electron chi connectivity index (χ2n) is 9.86. The number of carbonyl (C=O) groups is 1. The van der Waals surface area contributed by atoms with E-state index in [1.165, 1.54) is 12.1 Å². The summed E-state index contributed by atoms with van der Waals surface area (Å²) in [5.74, 6) is 1.44. The van der Waals surface area contributed by atoms with Crippen LogP contribution in [0.4, 0.5) is 10.1 Å². The fourth-order valence-corrected chi connectivity index (χ4v) is 5.44. The second-order valence-corrected chi connectivity index (χ2v) is 9.86. The molecule has 3 aliphatic heterocycles. The topological polar surface area (TPSA) is 105 Å². The molecule has 0 aliphatic carbocycles. The van der Waals surface area contributed by atoms with Crippen LogP contribution in [0.3, 0.4) is 0 Å². The average Bonchev–Trinajstić information content (AvgIpc) is 3.63. The highest BCUT2D eigenvalue weighted by atomic mass is 19.1. The molecule has 2 N–H and O–H groups in total. The quantitative estimate of drug-likeness (QED) is 0.371. The van der Waals surface area contributed by atoms with Crippen molar-refractivity contribution in [3.05, 3.63) is 77.1 Å². The lowest BCUT2D eigenvalue weighted by molar-refractivity contribution is -0.118. The molecule has 3 aromatic rings. The molecule has 0 saturated carbocycles. The first-order chi connectivity index (χ1) is 19.3. The highest BCUT2D eigenvalue weighted by molar-refractivity contribution is 6.12. The van der Waals surface area contributed by atoms with Crippen molar-refractivity contribution >= 4 is 11.6 Å². The van der Waals surface area contributed by atoms with Gasteiger partial charge in [-0.15, -0.1) is 6.58 Å². The lowest BCUT2D eigenvalue weighted by Gasteiger charge is -2.32. The Morgan fingerprint density at radius 3 is 2.12 bits per heavy atom. The molecule has 3 aliphatic rings. The van der Waals surface area contributed by atoms with Crippen LogP contribution in [-0.4, -0.2) is 43.9 Å². The molecular weight excluding hydrogens is 521 g/mol. The highest BCUT2D eigenvalue weighted by Crippen LogP contribution is 2.56. The number of aliphatic hydroxyl groups is 1. The molecule has 6 rings (SSSR count). The number of rotatable bonds is 9. The first kappa shape index (κ1) is 25.8. The largest absolute Gasteiger partial charge is 0.493 e. The van der Waals surface area contributed by atoms with Crippen molar-refractivity contribution in [2.45, 2.75) is 31.8 Å². The van der Waals surface area contributed by atoms with Crippen LogP contribution < -0.4 is 33.7 Å². The van der Waals surface area contributed by atoms with Crippen molar-refractivity contribution in [1.82, 2.24) is 0 Å². The molecule has 40 heavy (non-hydrogen) atoms. The number of aliphatic hydroxyl groups excluding tert-OH is 1. The van der Waals surface area contributed by atoms with E-state index in [0.717, 1.165) is 5.57 Å². The molecule has 10 heteroatoms. The molecule has 1 unspecified atom stereocenters. The molecule has 0 bridgehead atoms. The zero-order chi connectivity index (χ0) is 28.0. The summed E-state index contributed by atoms with van der Waals surface area (Å²) in [5.41, 5.74) is 0.811. The maximum absolute atomic E-state index is 14.4. The highest BCUT2D eigenvalue weighted by Gasteiger charge is 2.54. The van der Waals surface area contributed by atoms with Gasteiger partial charge in [-0.2, -0.15) is 0 Å². The molecule has 3 aromatic carbocycles. The summed E-state index contributed by atoms with van der Waals surface area (Å²) in [6.45, 7) is 7.74. The van der Waals surface area contributed by atoms with Gasteiger partial charge in [0.2, 0.25) is 19.5 Å². The second kappa shape index (κ2) is 9.95. The summed E-state index contributed by atoms with van der Waals surface area (Å²) in [5, 5.41) is 13.4. The van der Waals surface area contributed by atoms with Gasteiger partial charge in [-0.3, -0.25) is 4.79 Å². The van der Waals surface area contributed by atoms with Crippen molar-refractivity contribution in [2.24, 2.45) is 0 Å². The third-order valence-electron chi connectivity index (χ3n) is 7.05. The summed E-state index contributed by atoms with van der Waals surface area (Å²) in [4.78, 5) is 14.3. The predicted molar refractivity (Wildman–Crippen MR) is 142 cm³/mol. The molecule has 0 radical (unpaired) electrons. The van der Waals surface area contributed by atoms with Crippen LogP contribution in [0.15, 0.2) is 54.6 Å². The number of hydrogen-bond acceptors (Lipinski definition) is 8. The Balaban J connectivity index is 1.62. The molecule has 9 nitrogen and oxygen atoms in total. The fourth-order valence-electron chi connectivity index (χ4n) is 5.44. The van der Waals surface area contributed by atoms with E-state index >= 15 is 0 Å². The van der Waals surface area contributed by atoms with Crippen molar-refractivity contribution in [1.29, 1.82) is 0 Å². The standard InChI is InChI=1S/C30H28FNO8/c1-4-35-23-11-27-25(37-14-39-27)9-20(23)30(19-6-5-17(31)8-22(19)32-29(30)34)21-10-26-28(40-15-38-26)12-24(21)36-13-18(33)7-16(2)3/h5-6,8-12,18,33H,2,4,7,13-15H2,1,3H3,(H,32,34)/t18-,30?/m1/s1. The van der Waals surface area contributed by atoms with E-state index in [1.807, 2.05) is 13.8 Å². The minimum Gasteiger partial charge on any atom is -0.493 e. The number of carbonyl (C=O) groups excluding carboxylic acids is 1. The predicted octanol–water partition coefficient (Wildman–Crippen LogP) is 4.67. The van der Waals surface area contributed by atoms with Crippen LogP contribution in [-0.2, 0) is 10.2 Å². The number of hydrogen-bond donors (Lipinski definition) is 2. The first-order valence-electron chi connectivity index (χ1n) is 12.9. The number of amides is 1. The molecular formula is C30H28FNO8. The molecule has 2 atom stereocenters. The Kier molecular flexibility index (Phi) is 6.42. The average molecular weight is 550 g/mol. The van der Waals surface area contributed by atoms with E-state index in [9.17, 15) is 14.3 Å². The SMILES string of the molecule is C=C(C)C[C@@H](O)COc1cc2c(cc1C1(c3cc4c(cc3OCC)OCO4)C(=O)Nc3cc(F)ccc31)OCO2. The minimum atomic E-state index is -1.59. The Hall–Kier alpha value is -4.44. The number of halogens is 1. The molecule has 1 amide bonds. The molecule has 208 valence electrons. The zero-order valence-corrected chi connectivity index (χ0v) is 22.0. The van der Waals surface area contributed by atoms with E-state index in [1.54, 1.807) is 30.3 Å². The van der Waals surface area contributed by atoms with E-state index in [-0.39, 0.29) is 25.9 Å². The maximum atomic E-state index is 14.4. The molecule has 3 heterocycles. The molecule has 0 spiro atoms. The van der Waals surface area contributed by atoms with Gasteiger partial charge in [0.25, 0.3) is 0 Å². The molecule has 0 saturated heterocycles. The summed E-state index contributed by atoms with van der Waals surface area (Å²) < 4.78 is 49.2. The summed E-state index contributed by atoms with van der Waals surface area (Å²) in [7, 11) is 0. The third-order valence-corrected chi connectivity index (χ3v) is 7.05. The Morgan fingerprint density at radius 1 is 0.975 bits per heavy atom. The van der Waals surface area contributed by atoms with E-state index < -0.39 is 23.2 Å². The molecule has 0 aromatic heterocycles. The van der Waals surface area contributed by atoms with Gasteiger partial charge in [-0.25, -0.2) is 4.39 Å². The van der Waals surface area contributed by atoms with Crippen molar-refractivity contribution < 1.29 is 42.7 Å². The van der Waals surface area contributed by atoms with Gasteiger partial charge < -0.3 is 38.8 Å². The maximum Gasteiger partial charge on any atom is 0.244 e. The summed E-state index contributed by atoms with van der Waals surface area (Å²) in [6, 6.07) is 10.8. The van der Waals surface area contributed by atoms with Crippen LogP contribution in [0, 0.1) is 5.82 Å². The monoisotopic (exact) mass is 549 g/mol. The number of benzene rings is 3. The van der Waals surface area contributed by atoms with Gasteiger partial charge in [-0.05, 0) is 44.5 Å². The lowest BCUT2D eigenvalue weighted by Crippen LogP contribution is -2.38. The number of anilines is 1. The first-order valence-corrected chi connectivity index (χ1v) is 12.9. The number of nitrogens with one attached hydrogen (secondary N) is 1. The van der Waals surface area contributed by atoms with Crippen molar-refractivity contribution in [3.8, 4) is 34.5 Å². The number of fused-ring (bicyclic) bond motifs is 3. The lowest BCUT2D eigenvalue weighted by atomic mass is 9.69. The van der Waals surface area contributed by atoms with Gasteiger partial charge in [0, 0.05) is 34.5 Å². The Bertz CT molecular complexity index is 1520. The Labute approximate surface area is 230 Å². The van der Waals surface area contributed by atoms with Crippen LogP contribution >= 0.6 is 0 Å². The van der Waals surface area contributed by atoms with Gasteiger partial charge in [0.15, 0.2) is 23.0 Å². The van der Waals surface area contributed by atoms with E-state index in [2.05, 4.69) is 11.9 Å². The van der Waals surface area contributed by atoms with Gasteiger partial charge >= 0.3 is 0 Å². The van der Waals surface area contributed by atoms with Gasteiger partial charge in [-0.1, -0.05) is 11.6 Å². The smallest absolute Gasteiger partial charge is 0.244 e. The van der Waals surface area contributed by atoms with Crippen LogP contribution in [0.2, 0.25) is 0 Å². The summed E-state index contributed by atoms with van der Waals surface area (Å²) in [6.07, 6.45) is -0.500. The van der Waals surface area contributed by atoms with Crippen LogP contribution in [0.25, 0.3) is 0 Å². The minimum absolute atomic E-state index is 0.00821. The normalized spacial score (nSPS) is 18.8. The fraction of sp³-hybridized carbons (Fsp3) is 0.300. The Morgan fingerprint density at radius 2 is 1.55 bits per heavy atom. The van der Waals surface area contributed by atoms with Crippen LogP contribution in [0.1, 0.15) is 37.0 Å². The van der Waals surface area contributed by atoms with E-state index in [4.69, 9.17) is 28.4 Å². The van der Waals surface area contributed by atoms with Crippen molar-refractivity contribution in [2.75, 3.05) is 32.1 Å². The summed E-state index contributed by atoms with van der Waals surface area (Å²) >= 11 is 0. The van der Waals surface area contributed by atoms with Gasteiger partial charge in [0.1, 0.15) is 29.3 Å². The van der Waals surface area contributed by atoms with Crippen LogP contribution in [0.5, 0.6) is 34.5 Å². The van der Waals surface area contributed by atoms with Crippen molar-refractivity contribution in [3.63, 3.8) is 0 Å². The number of ether oxygens (including phenoxy) is 6.